The van der Waals surface area contributed by atoms with E-state index in [0.29, 0.717) is 6.10 Å². The molecule has 4 nitrogen and oxygen atoms in total. The Kier molecular flexibility index (Phi) is 4.13. The normalized spacial score (nSPS) is 22.5. The van der Waals surface area contributed by atoms with E-state index in [0.717, 1.165) is 29.8 Å². The van der Waals surface area contributed by atoms with Crippen molar-refractivity contribution in [2.75, 3.05) is 0 Å². The molecule has 126 valence electrons. The van der Waals surface area contributed by atoms with Gasteiger partial charge in [0.1, 0.15) is 11.5 Å². The highest BCUT2D eigenvalue weighted by molar-refractivity contribution is 6.63. The number of ether oxygens (including phenoxy) is 2. The molecular weight excluding hydrogens is 291 g/mol. The summed E-state index contributed by atoms with van der Waals surface area (Å²) < 4.78 is 24.3. The fourth-order valence-electron chi connectivity index (χ4n) is 2.50. The number of hydrogen-bond donors (Lipinski definition) is 0. The van der Waals surface area contributed by atoms with Gasteiger partial charge in [-0.1, -0.05) is 0 Å². The molecule has 0 atom stereocenters. The summed E-state index contributed by atoms with van der Waals surface area (Å²) in [4.78, 5) is 0. The minimum atomic E-state index is -0.440. The van der Waals surface area contributed by atoms with E-state index in [1.165, 1.54) is 0 Å². The van der Waals surface area contributed by atoms with Crippen molar-refractivity contribution < 1.29 is 18.8 Å². The van der Waals surface area contributed by atoms with E-state index in [2.05, 4.69) is 27.7 Å². The lowest BCUT2D eigenvalue weighted by atomic mass is 9.78. The average Bonchev–Trinajstić information content (AvgIpc) is 3.18. The topological polar surface area (TPSA) is 36.9 Å². The van der Waals surface area contributed by atoms with E-state index in [1.807, 2.05) is 32.0 Å². The Morgan fingerprint density at radius 3 is 2.22 bits per heavy atom. The van der Waals surface area contributed by atoms with Gasteiger partial charge in [0, 0.05) is 5.46 Å². The molecule has 1 saturated heterocycles. The molecule has 3 rings (SSSR count). The van der Waals surface area contributed by atoms with Gasteiger partial charge in [-0.2, -0.15) is 0 Å². The van der Waals surface area contributed by atoms with Crippen LogP contribution >= 0.6 is 0 Å². The van der Waals surface area contributed by atoms with Crippen molar-refractivity contribution >= 4 is 12.6 Å². The average molecular weight is 318 g/mol. The summed E-state index contributed by atoms with van der Waals surface area (Å²) in [6, 6.07) is 5.91. The molecule has 0 bridgehead atoms. The highest BCUT2D eigenvalue weighted by Crippen LogP contribution is 2.38. The first kappa shape index (κ1) is 16.7. The molecular formula is C18H27BO4. The molecule has 5 heteroatoms. The van der Waals surface area contributed by atoms with Gasteiger partial charge in [-0.25, -0.2) is 0 Å². The van der Waals surface area contributed by atoms with E-state index in [9.17, 15) is 0 Å². The lowest BCUT2D eigenvalue weighted by molar-refractivity contribution is 0.00578. The second-order valence-electron chi connectivity index (χ2n) is 7.77. The molecule has 0 amide bonds. The third-order valence-electron chi connectivity index (χ3n) is 4.68. The van der Waals surface area contributed by atoms with E-state index < -0.39 is 7.12 Å². The molecule has 1 aliphatic carbocycles. The van der Waals surface area contributed by atoms with Crippen molar-refractivity contribution in [3.05, 3.63) is 18.2 Å². The van der Waals surface area contributed by atoms with Crippen molar-refractivity contribution in [1.29, 1.82) is 0 Å². The molecule has 1 heterocycles. The van der Waals surface area contributed by atoms with E-state index >= 15 is 0 Å². The highest BCUT2D eigenvalue weighted by atomic mass is 16.7. The van der Waals surface area contributed by atoms with Gasteiger partial charge in [-0.3, -0.25) is 0 Å². The molecule has 1 aliphatic heterocycles. The van der Waals surface area contributed by atoms with Gasteiger partial charge < -0.3 is 18.8 Å². The number of benzene rings is 1. The zero-order valence-corrected chi connectivity index (χ0v) is 15.0. The molecule has 0 unspecified atom stereocenters. The highest BCUT2D eigenvalue weighted by Gasteiger charge is 2.52. The Hall–Kier alpha value is -1.20. The molecule has 0 aromatic heterocycles. The monoisotopic (exact) mass is 318 g/mol. The molecule has 1 aromatic rings. The smallest absolute Gasteiger partial charge is 0.491 e. The molecule has 2 aliphatic rings. The van der Waals surface area contributed by atoms with Crippen LogP contribution in [-0.4, -0.2) is 30.5 Å². The van der Waals surface area contributed by atoms with Gasteiger partial charge in [0.15, 0.2) is 0 Å². The van der Waals surface area contributed by atoms with Crippen LogP contribution in [0, 0.1) is 0 Å². The van der Waals surface area contributed by atoms with Crippen LogP contribution in [0.2, 0.25) is 0 Å². The van der Waals surface area contributed by atoms with Crippen LogP contribution < -0.4 is 14.9 Å². The van der Waals surface area contributed by atoms with Crippen LogP contribution in [0.15, 0.2) is 18.2 Å². The summed E-state index contributed by atoms with van der Waals surface area (Å²) in [6.07, 6.45) is 2.68. The van der Waals surface area contributed by atoms with Gasteiger partial charge in [0.2, 0.25) is 0 Å². The Balaban J connectivity index is 1.91. The minimum absolute atomic E-state index is 0.122. The largest absolute Gasteiger partial charge is 0.498 e. The van der Waals surface area contributed by atoms with Gasteiger partial charge in [0.25, 0.3) is 0 Å². The van der Waals surface area contributed by atoms with Crippen molar-refractivity contribution in [3.8, 4) is 11.5 Å². The van der Waals surface area contributed by atoms with Crippen LogP contribution in [-0.2, 0) is 9.31 Å². The quantitative estimate of drug-likeness (QED) is 0.781. The summed E-state index contributed by atoms with van der Waals surface area (Å²) in [5, 5.41) is 0. The van der Waals surface area contributed by atoms with E-state index in [4.69, 9.17) is 18.8 Å². The maximum Gasteiger partial charge on any atom is 0.498 e. The van der Waals surface area contributed by atoms with Crippen LogP contribution in [0.5, 0.6) is 11.5 Å². The fraction of sp³-hybridized carbons (Fsp3) is 0.667. The lowest BCUT2D eigenvalue weighted by Crippen LogP contribution is -2.41. The van der Waals surface area contributed by atoms with Crippen LogP contribution in [0.3, 0.4) is 0 Å². The fourth-order valence-corrected chi connectivity index (χ4v) is 2.50. The predicted molar refractivity (Wildman–Crippen MR) is 91.6 cm³/mol. The lowest BCUT2D eigenvalue weighted by Gasteiger charge is -2.32. The number of hydrogen-bond acceptors (Lipinski definition) is 4. The van der Waals surface area contributed by atoms with Crippen LogP contribution in [0.4, 0.5) is 0 Å². The predicted octanol–water partition coefficient (Wildman–Crippen LogP) is 3.31. The Labute approximate surface area is 139 Å². The third kappa shape index (κ3) is 3.51. The maximum absolute atomic E-state index is 6.19. The van der Waals surface area contributed by atoms with Gasteiger partial charge in [-0.15, -0.1) is 0 Å². The first-order valence-electron chi connectivity index (χ1n) is 8.51. The maximum atomic E-state index is 6.19. The van der Waals surface area contributed by atoms with Gasteiger partial charge in [-0.05, 0) is 72.6 Å². The van der Waals surface area contributed by atoms with Crippen LogP contribution in [0.1, 0.15) is 54.4 Å². The zero-order chi connectivity index (χ0) is 16.8. The van der Waals surface area contributed by atoms with Gasteiger partial charge >= 0.3 is 7.12 Å². The second-order valence-corrected chi connectivity index (χ2v) is 7.77. The van der Waals surface area contributed by atoms with Crippen LogP contribution in [0.25, 0.3) is 0 Å². The standard InChI is InChI=1S/C18H27BO4/c1-12(2)20-14-9-10-16(21-13-7-8-13)15(11-14)19-22-17(3,4)18(5,6)23-19/h9-13H,7-8H2,1-6H3. The van der Waals surface area contributed by atoms with Crippen molar-refractivity contribution in [2.45, 2.75) is 77.8 Å². The Bertz CT molecular complexity index is 562. The number of rotatable bonds is 5. The minimum Gasteiger partial charge on any atom is -0.491 e. The third-order valence-corrected chi connectivity index (χ3v) is 4.68. The first-order valence-corrected chi connectivity index (χ1v) is 8.51. The Morgan fingerprint density at radius 1 is 1.09 bits per heavy atom. The zero-order valence-electron chi connectivity index (χ0n) is 15.0. The van der Waals surface area contributed by atoms with Crippen molar-refractivity contribution in [1.82, 2.24) is 0 Å². The molecule has 0 N–H and O–H groups in total. The molecule has 1 saturated carbocycles. The molecule has 0 radical (unpaired) electrons. The summed E-state index contributed by atoms with van der Waals surface area (Å²) in [6.45, 7) is 12.3. The molecule has 0 spiro atoms. The van der Waals surface area contributed by atoms with E-state index in [1.54, 1.807) is 0 Å². The summed E-state index contributed by atoms with van der Waals surface area (Å²) in [7, 11) is -0.440. The first-order chi connectivity index (χ1) is 10.7. The molecule has 1 aromatic carbocycles. The SMILES string of the molecule is CC(C)Oc1ccc(OC2CC2)c(B2OC(C)(C)C(C)(C)O2)c1. The molecule has 23 heavy (non-hydrogen) atoms. The van der Waals surface area contributed by atoms with Crippen molar-refractivity contribution in [3.63, 3.8) is 0 Å². The summed E-state index contributed by atoms with van der Waals surface area (Å²) >= 11 is 0. The summed E-state index contributed by atoms with van der Waals surface area (Å²) in [5.41, 5.74) is 0.168. The Morgan fingerprint density at radius 2 is 1.70 bits per heavy atom. The van der Waals surface area contributed by atoms with Gasteiger partial charge in [0.05, 0.1) is 23.4 Å². The van der Waals surface area contributed by atoms with E-state index in [-0.39, 0.29) is 17.3 Å². The second kappa shape index (κ2) is 5.71. The van der Waals surface area contributed by atoms with Crippen molar-refractivity contribution in [2.24, 2.45) is 0 Å². The molecule has 2 fully saturated rings. The summed E-state index contributed by atoms with van der Waals surface area (Å²) in [5.74, 6) is 1.65.